The molecule has 1 atom stereocenters. The fraction of sp³-hybridized carbons (Fsp3) is 0.0769. The molecular weight excluding hydrogens is 235 g/mol. The molecule has 3 nitrogen and oxygen atoms in total. The van der Waals surface area contributed by atoms with Gasteiger partial charge in [0.05, 0.1) is 7.11 Å². The van der Waals surface area contributed by atoms with Gasteiger partial charge >= 0.3 is 8.03 Å². The zero-order chi connectivity index (χ0) is 12.3. The molecule has 0 bridgehead atoms. The first kappa shape index (κ1) is 11.8. The molecule has 0 aliphatic rings. The summed E-state index contributed by atoms with van der Waals surface area (Å²) in [6.45, 7) is 0. The Balaban J connectivity index is 2.43. The summed E-state index contributed by atoms with van der Waals surface area (Å²) in [6, 6.07) is 14.6. The summed E-state index contributed by atoms with van der Waals surface area (Å²) >= 11 is 0. The molecule has 4 heteroatoms. The van der Waals surface area contributed by atoms with E-state index in [2.05, 4.69) is 0 Å². The van der Waals surface area contributed by atoms with Crippen LogP contribution in [-0.4, -0.2) is 12.0 Å². The van der Waals surface area contributed by atoms with Crippen molar-refractivity contribution in [1.82, 2.24) is 0 Å². The summed E-state index contributed by atoms with van der Waals surface area (Å²) in [5.74, 6) is 0.786. The highest BCUT2D eigenvalue weighted by Gasteiger charge is 2.15. The second kappa shape index (κ2) is 5.09. The molecule has 0 aliphatic heterocycles. The molecule has 1 unspecified atom stereocenters. The summed E-state index contributed by atoms with van der Waals surface area (Å²) in [7, 11) is -0.647. The van der Waals surface area contributed by atoms with Gasteiger partial charge in [0.15, 0.2) is 0 Å². The lowest BCUT2D eigenvalue weighted by molar-refractivity contribution is 0.416. The van der Waals surface area contributed by atoms with Crippen LogP contribution in [0.4, 0.5) is 0 Å². The van der Waals surface area contributed by atoms with Crippen LogP contribution in [0.15, 0.2) is 48.5 Å². The Morgan fingerprint density at radius 2 is 1.71 bits per heavy atom. The van der Waals surface area contributed by atoms with Crippen molar-refractivity contribution in [2.24, 2.45) is 0 Å². The molecule has 0 aromatic heterocycles. The Morgan fingerprint density at radius 1 is 1.06 bits per heavy atom. The fourth-order valence-electron chi connectivity index (χ4n) is 1.65. The van der Waals surface area contributed by atoms with Crippen molar-refractivity contribution >= 4 is 13.3 Å². The van der Waals surface area contributed by atoms with E-state index in [1.807, 2.05) is 36.4 Å². The Labute approximate surface area is 101 Å². The number of hydrogen-bond acceptors (Lipinski definition) is 2. The Morgan fingerprint density at radius 3 is 2.29 bits per heavy atom. The number of rotatable bonds is 3. The van der Waals surface area contributed by atoms with Crippen molar-refractivity contribution in [3.63, 3.8) is 0 Å². The van der Waals surface area contributed by atoms with Crippen molar-refractivity contribution in [2.45, 2.75) is 0 Å². The normalized spacial score (nSPS) is 11.1. The van der Waals surface area contributed by atoms with E-state index in [0.717, 1.165) is 16.9 Å². The Kier molecular flexibility index (Phi) is 3.52. The van der Waals surface area contributed by atoms with Crippen LogP contribution in [0, 0.1) is 0 Å². The molecule has 0 saturated carbocycles. The van der Waals surface area contributed by atoms with Crippen LogP contribution >= 0.6 is 8.03 Å². The number of methoxy groups -OCH3 is 1. The number of benzene rings is 2. The minimum atomic E-state index is -2.27. The quantitative estimate of drug-likeness (QED) is 0.848. The summed E-state index contributed by atoms with van der Waals surface area (Å²) in [6.07, 6.45) is 0. The smallest absolute Gasteiger partial charge is 0.496 e. The van der Waals surface area contributed by atoms with E-state index in [9.17, 15) is 4.57 Å². The molecule has 0 radical (unpaired) electrons. The van der Waals surface area contributed by atoms with Crippen LogP contribution in [0.3, 0.4) is 0 Å². The highest BCUT2D eigenvalue weighted by Crippen LogP contribution is 2.29. The van der Waals surface area contributed by atoms with Gasteiger partial charge in [-0.15, -0.1) is 0 Å². The second-order valence-electron chi connectivity index (χ2n) is 3.52. The average Bonchev–Trinajstić information content (AvgIpc) is 2.39. The van der Waals surface area contributed by atoms with E-state index in [-0.39, 0.29) is 0 Å². The molecule has 2 aromatic rings. The van der Waals surface area contributed by atoms with Gasteiger partial charge < -0.3 is 4.74 Å². The third-order valence-corrected chi connectivity index (χ3v) is 3.25. The number of ether oxygens (including phenoxy) is 1. The van der Waals surface area contributed by atoms with Crippen molar-refractivity contribution < 1.29 is 14.2 Å². The van der Waals surface area contributed by atoms with Crippen LogP contribution in [0.25, 0.3) is 11.1 Å². The van der Waals surface area contributed by atoms with Gasteiger partial charge in [0.2, 0.25) is 5.30 Å². The fourth-order valence-corrected chi connectivity index (χ4v) is 2.06. The predicted octanol–water partition coefficient (Wildman–Crippen LogP) is 2.72. The maximum absolute atomic E-state index is 10.9. The molecule has 1 N–H and O–H groups in total. The largest absolute Gasteiger partial charge is 0.546 e. The topological polar surface area (TPSA) is 46.5 Å². The summed E-state index contributed by atoms with van der Waals surface area (Å²) in [5, 5.41) is 0.429. The molecule has 0 saturated heterocycles. The first-order valence-corrected chi connectivity index (χ1v) is 6.33. The number of para-hydroxylation sites is 1. The average molecular weight is 247 g/mol. The number of hydrogen-bond donors (Lipinski definition) is 1. The second-order valence-corrected chi connectivity index (χ2v) is 4.58. The highest BCUT2D eigenvalue weighted by atomic mass is 31.1. The molecular formula is C13H12O3P+. The van der Waals surface area contributed by atoms with Crippen LogP contribution in [-0.2, 0) is 4.57 Å². The lowest BCUT2D eigenvalue weighted by Gasteiger charge is -2.07. The third kappa shape index (κ3) is 2.52. The molecule has 0 heterocycles. The van der Waals surface area contributed by atoms with E-state index in [4.69, 9.17) is 9.63 Å². The lowest BCUT2D eigenvalue weighted by Crippen LogP contribution is -1.95. The van der Waals surface area contributed by atoms with Crippen molar-refractivity contribution in [2.75, 3.05) is 7.11 Å². The first-order chi connectivity index (χ1) is 8.22. The van der Waals surface area contributed by atoms with Gasteiger partial charge in [-0.3, -0.25) is 0 Å². The monoisotopic (exact) mass is 247 g/mol. The van der Waals surface area contributed by atoms with Crippen molar-refractivity contribution in [3.05, 3.63) is 48.5 Å². The maximum atomic E-state index is 10.9. The van der Waals surface area contributed by atoms with Gasteiger partial charge in [0.25, 0.3) is 0 Å². The molecule has 0 fully saturated rings. The lowest BCUT2D eigenvalue weighted by atomic mass is 10.1. The van der Waals surface area contributed by atoms with Crippen LogP contribution < -0.4 is 10.0 Å². The summed E-state index contributed by atoms with van der Waals surface area (Å²) < 4.78 is 16.2. The molecule has 0 amide bonds. The van der Waals surface area contributed by atoms with Gasteiger partial charge in [-0.2, -0.15) is 4.89 Å². The molecule has 0 spiro atoms. The van der Waals surface area contributed by atoms with Crippen LogP contribution in [0.1, 0.15) is 0 Å². The Bertz CT molecular complexity index is 535. The van der Waals surface area contributed by atoms with Gasteiger partial charge in [-0.25, -0.2) is 0 Å². The highest BCUT2D eigenvalue weighted by molar-refractivity contribution is 7.47. The van der Waals surface area contributed by atoms with Crippen LogP contribution in [0.5, 0.6) is 5.75 Å². The molecule has 2 aromatic carbocycles. The minimum absolute atomic E-state index is 0.429. The Hall–Kier alpha value is -1.70. The van der Waals surface area contributed by atoms with Crippen molar-refractivity contribution in [1.29, 1.82) is 0 Å². The molecule has 17 heavy (non-hydrogen) atoms. The molecule has 0 aliphatic carbocycles. The zero-order valence-corrected chi connectivity index (χ0v) is 10.2. The van der Waals surface area contributed by atoms with Gasteiger partial charge in [0.1, 0.15) is 5.75 Å². The first-order valence-electron chi connectivity index (χ1n) is 5.12. The van der Waals surface area contributed by atoms with E-state index in [1.165, 1.54) is 0 Å². The van der Waals surface area contributed by atoms with Gasteiger partial charge in [-0.1, -0.05) is 18.2 Å². The zero-order valence-electron chi connectivity index (χ0n) is 9.33. The molecule has 86 valence electrons. The van der Waals surface area contributed by atoms with Gasteiger partial charge in [0, 0.05) is 5.56 Å². The van der Waals surface area contributed by atoms with E-state index in [0.29, 0.717) is 5.30 Å². The molecule has 2 rings (SSSR count). The van der Waals surface area contributed by atoms with E-state index >= 15 is 0 Å². The third-order valence-electron chi connectivity index (χ3n) is 2.51. The van der Waals surface area contributed by atoms with Gasteiger partial charge in [-0.05, 0) is 40.5 Å². The SMILES string of the molecule is COc1ccccc1-c1ccc([P+](=O)O)cc1. The standard InChI is InChI=1S/C13H11O3P/c1-16-13-5-3-2-4-12(13)10-6-8-11(9-7-10)17(14)15/h2-9H,1H3/p+1. The van der Waals surface area contributed by atoms with Crippen LogP contribution in [0.2, 0.25) is 0 Å². The predicted molar refractivity (Wildman–Crippen MR) is 67.9 cm³/mol. The summed E-state index contributed by atoms with van der Waals surface area (Å²) in [4.78, 5) is 8.97. The van der Waals surface area contributed by atoms with E-state index in [1.54, 1.807) is 19.2 Å². The maximum Gasteiger partial charge on any atom is 0.546 e. The minimum Gasteiger partial charge on any atom is -0.496 e. The summed E-state index contributed by atoms with van der Waals surface area (Å²) in [5.41, 5.74) is 1.93. The van der Waals surface area contributed by atoms with Crippen molar-refractivity contribution in [3.8, 4) is 16.9 Å². The van der Waals surface area contributed by atoms with E-state index < -0.39 is 8.03 Å².